The fourth-order valence-corrected chi connectivity index (χ4v) is 3.69. The third-order valence-electron chi connectivity index (χ3n) is 5.06. The maximum absolute atomic E-state index is 12.1. The first-order valence-electron chi connectivity index (χ1n) is 9.63. The summed E-state index contributed by atoms with van der Waals surface area (Å²) in [4.78, 5) is 12.1. The van der Waals surface area contributed by atoms with E-state index < -0.39 is 6.09 Å². The lowest BCUT2D eigenvalue weighted by molar-refractivity contribution is 0.144. The van der Waals surface area contributed by atoms with E-state index in [1.807, 2.05) is 48.5 Å². The van der Waals surface area contributed by atoms with Crippen LogP contribution in [-0.2, 0) is 11.3 Å². The van der Waals surface area contributed by atoms with E-state index in [0.717, 1.165) is 11.1 Å². The number of benzene rings is 3. The van der Waals surface area contributed by atoms with Crippen molar-refractivity contribution in [2.75, 3.05) is 13.2 Å². The number of fused-ring (bicyclic) bond motifs is 3. The van der Waals surface area contributed by atoms with Crippen molar-refractivity contribution in [1.29, 1.82) is 0 Å². The number of carbonyl (C=O) groups is 1. The average molecular weight is 382 g/mol. The summed E-state index contributed by atoms with van der Waals surface area (Å²) >= 11 is 0. The van der Waals surface area contributed by atoms with Crippen LogP contribution >= 0.6 is 0 Å². The van der Waals surface area contributed by atoms with E-state index in [0.29, 0.717) is 13.2 Å². The molecule has 3 N–H and O–H groups in total. The Bertz CT molecular complexity index is 1050. The van der Waals surface area contributed by atoms with Gasteiger partial charge in [0, 0.05) is 18.0 Å². The van der Waals surface area contributed by atoms with Gasteiger partial charge in [-0.2, -0.15) is 0 Å². The van der Waals surface area contributed by atoms with Gasteiger partial charge in [-0.3, -0.25) is 0 Å². The summed E-state index contributed by atoms with van der Waals surface area (Å²) in [5.41, 5.74) is 12.4. The van der Waals surface area contributed by atoms with E-state index in [1.165, 1.54) is 22.3 Å². The van der Waals surface area contributed by atoms with Crippen molar-refractivity contribution in [3.8, 4) is 23.0 Å². The highest BCUT2D eigenvalue weighted by Crippen LogP contribution is 2.44. The van der Waals surface area contributed by atoms with Gasteiger partial charge in [-0.15, -0.1) is 0 Å². The Kier molecular flexibility index (Phi) is 5.60. The highest BCUT2D eigenvalue weighted by molar-refractivity contribution is 5.79. The Labute approximate surface area is 170 Å². The average Bonchev–Trinajstić information content (AvgIpc) is 3.09. The predicted molar refractivity (Wildman–Crippen MR) is 114 cm³/mol. The monoisotopic (exact) mass is 382 g/mol. The van der Waals surface area contributed by atoms with Gasteiger partial charge in [-0.25, -0.2) is 4.79 Å². The zero-order valence-electron chi connectivity index (χ0n) is 16.0. The molecule has 29 heavy (non-hydrogen) atoms. The maximum Gasteiger partial charge on any atom is 0.407 e. The molecular weight excluding hydrogens is 360 g/mol. The number of hydrogen-bond acceptors (Lipinski definition) is 3. The topological polar surface area (TPSA) is 64.3 Å². The lowest BCUT2D eigenvalue weighted by Gasteiger charge is -2.14. The van der Waals surface area contributed by atoms with Crippen LogP contribution in [0.3, 0.4) is 0 Å². The lowest BCUT2D eigenvalue weighted by atomic mass is 9.98. The summed E-state index contributed by atoms with van der Waals surface area (Å²) in [5, 5.41) is 2.69. The number of amides is 1. The summed E-state index contributed by atoms with van der Waals surface area (Å²) in [6.45, 7) is 1.00. The number of nitrogens with one attached hydrogen (secondary N) is 1. The molecule has 1 amide bonds. The molecule has 3 aromatic rings. The maximum atomic E-state index is 12.1. The molecule has 0 bridgehead atoms. The number of hydrogen-bond donors (Lipinski definition) is 2. The van der Waals surface area contributed by atoms with E-state index >= 15 is 0 Å². The number of alkyl carbamates (subject to hydrolysis) is 1. The predicted octanol–water partition coefficient (Wildman–Crippen LogP) is 4.04. The first-order chi connectivity index (χ1) is 14.3. The van der Waals surface area contributed by atoms with Gasteiger partial charge >= 0.3 is 6.09 Å². The highest BCUT2D eigenvalue weighted by atomic mass is 16.5. The van der Waals surface area contributed by atoms with Crippen LogP contribution in [0.1, 0.15) is 28.2 Å². The quantitative estimate of drug-likeness (QED) is 0.670. The van der Waals surface area contributed by atoms with Crippen LogP contribution in [0.2, 0.25) is 0 Å². The van der Waals surface area contributed by atoms with E-state index in [1.54, 1.807) is 0 Å². The minimum absolute atomic E-state index is 0.0539. The van der Waals surface area contributed by atoms with Crippen LogP contribution in [0, 0.1) is 11.8 Å². The van der Waals surface area contributed by atoms with E-state index in [2.05, 4.69) is 41.4 Å². The molecule has 0 radical (unpaired) electrons. The first-order valence-corrected chi connectivity index (χ1v) is 9.63. The standard InChI is InChI=1S/C25H22N2O2/c26-16-19-8-5-7-18(15-19)9-6-14-27-25(28)29-17-24-22-12-3-1-10-20(22)21-11-2-4-13-23(21)24/h1-5,7-8,10-13,15,24H,14,16-17,26H2,(H,27,28). The molecule has 4 rings (SSSR count). The smallest absolute Gasteiger partial charge is 0.407 e. The SMILES string of the molecule is NCc1cccc(C#CCNC(=O)OCC2c3ccccc3-c3ccccc32)c1. The van der Waals surface area contributed by atoms with Gasteiger partial charge in [-0.1, -0.05) is 72.5 Å². The van der Waals surface area contributed by atoms with E-state index in [9.17, 15) is 4.79 Å². The van der Waals surface area contributed by atoms with Crippen LogP contribution in [0.4, 0.5) is 4.79 Å². The third kappa shape index (κ3) is 4.16. The largest absolute Gasteiger partial charge is 0.449 e. The zero-order chi connectivity index (χ0) is 20.1. The van der Waals surface area contributed by atoms with Crippen LogP contribution < -0.4 is 11.1 Å². The van der Waals surface area contributed by atoms with Crippen molar-refractivity contribution >= 4 is 6.09 Å². The molecule has 3 aromatic carbocycles. The van der Waals surface area contributed by atoms with Gasteiger partial charge in [0.1, 0.15) is 6.61 Å². The zero-order valence-corrected chi connectivity index (χ0v) is 16.0. The third-order valence-corrected chi connectivity index (χ3v) is 5.06. The first kappa shape index (κ1) is 18.8. The second-order valence-corrected chi connectivity index (χ2v) is 6.89. The summed E-state index contributed by atoms with van der Waals surface area (Å²) in [6.07, 6.45) is -0.461. The highest BCUT2D eigenvalue weighted by Gasteiger charge is 2.28. The van der Waals surface area contributed by atoms with Gasteiger partial charge < -0.3 is 15.8 Å². The fraction of sp³-hybridized carbons (Fsp3) is 0.160. The fourth-order valence-electron chi connectivity index (χ4n) is 3.69. The molecule has 0 atom stereocenters. The Morgan fingerprint density at radius 3 is 2.34 bits per heavy atom. The summed E-state index contributed by atoms with van der Waals surface area (Å²) in [6, 6.07) is 24.3. The second kappa shape index (κ2) is 8.64. The minimum atomic E-state index is -0.461. The van der Waals surface area contributed by atoms with Crippen molar-refractivity contribution < 1.29 is 9.53 Å². The molecule has 0 unspecified atom stereocenters. The van der Waals surface area contributed by atoms with Crippen LogP contribution in [0.15, 0.2) is 72.8 Å². The van der Waals surface area contributed by atoms with Crippen LogP contribution in [-0.4, -0.2) is 19.2 Å². The molecular formula is C25H22N2O2. The molecule has 0 saturated heterocycles. The van der Waals surface area contributed by atoms with Crippen LogP contribution in [0.5, 0.6) is 0 Å². The minimum Gasteiger partial charge on any atom is -0.449 e. The van der Waals surface area contributed by atoms with Crippen molar-refractivity contribution in [2.24, 2.45) is 5.73 Å². The summed E-state index contributed by atoms with van der Waals surface area (Å²) in [7, 11) is 0. The summed E-state index contributed by atoms with van der Waals surface area (Å²) < 4.78 is 5.49. The Hall–Kier alpha value is -3.55. The molecule has 1 aliphatic carbocycles. The molecule has 0 aromatic heterocycles. The van der Waals surface area contributed by atoms with Gasteiger partial charge in [0.15, 0.2) is 0 Å². The lowest BCUT2D eigenvalue weighted by Crippen LogP contribution is -2.26. The molecule has 0 fully saturated rings. The molecule has 4 heteroatoms. The van der Waals surface area contributed by atoms with Crippen LogP contribution in [0.25, 0.3) is 11.1 Å². The number of nitrogens with two attached hydrogens (primary N) is 1. The van der Waals surface area contributed by atoms with Gasteiger partial charge in [0.25, 0.3) is 0 Å². The molecule has 1 aliphatic rings. The Morgan fingerprint density at radius 1 is 0.966 bits per heavy atom. The van der Waals surface area contributed by atoms with Crippen molar-refractivity contribution in [1.82, 2.24) is 5.32 Å². The van der Waals surface area contributed by atoms with Crippen molar-refractivity contribution in [3.05, 3.63) is 95.1 Å². The molecule has 144 valence electrons. The van der Waals surface area contributed by atoms with E-state index in [4.69, 9.17) is 10.5 Å². The van der Waals surface area contributed by atoms with Crippen molar-refractivity contribution in [3.63, 3.8) is 0 Å². The normalized spacial score (nSPS) is 11.8. The summed E-state index contributed by atoms with van der Waals surface area (Å²) in [5.74, 6) is 6.02. The van der Waals surface area contributed by atoms with E-state index in [-0.39, 0.29) is 12.5 Å². The van der Waals surface area contributed by atoms with Gasteiger partial charge in [-0.05, 0) is 39.9 Å². The Balaban J connectivity index is 1.34. The second-order valence-electron chi connectivity index (χ2n) is 6.89. The molecule has 4 nitrogen and oxygen atoms in total. The number of ether oxygens (including phenoxy) is 1. The molecule has 0 aliphatic heterocycles. The molecule has 0 heterocycles. The molecule has 0 saturated carbocycles. The number of carbonyl (C=O) groups excluding carboxylic acids is 1. The van der Waals surface area contributed by atoms with Gasteiger partial charge in [0.05, 0.1) is 6.54 Å². The van der Waals surface area contributed by atoms with Crippen molar-refractivity contribution in [2.45, 2.75) is 12.5 Å². The molecule has 0 spiro atoms. The number of rotatable bonds is 4. The van der Waals surface area contributed by atoms with Gasteiger partial charge in [0.2, 0.25) is 0 Å². The Morgan fingerprint density at radius 2 is 1.66 bits per heavy atom.